The number of aromatic hydroxyl groups is 1. The molecular weight excluding hydrogens is 580 g/mol. The lowest BCUT2D eigenvalue weighted by Crippen LogP contribution is -2.58. The predicted molar refractivity (Wildman–Crippen MR) is 162 cm³/mol. The first-order chi connectivity index (χ1) is 20.0. The Hall–Kier alpha value is -4.06. The molecule has 222 valence electrons. The van der Waals surface area contributed by atoms with Crippen LogP contribution in [-0.2, 0) is 38.4 Å². The van der Waals surface area contributed by atoms with Crippen LogP contribution in [0.1, 0.15) is 16.7 Å². The standard InChI is InChI=1S/C30H33ClN4O6S/c31-21-10-6-19(7-11-21)14-23(32)27(37)35-26(17-42)29(39)33-24(15-20-8-12-22(36)13-9-20)28(38)34-25(30(40)41)16-18-4-2-1-3-5-18/h1-13,23-26,36,42H,14-17,32H2,(H,33,39)(H,34,38)(H,35,37)(H,40,41)/t23-,24-,25+,26+/m0/s1. The van der Waals surface area contributed by atoms with Gasteiger partial charge in [-0.2, -0.15) is 12.6 Å². The van der Waals surface area contributed by atoms with E-state index in [2.05, 4.69) is 28.6 Å². The Bertz CT molecular complexity index is 1360. The minimum absolute atomic E-state index is 0.0150. The van der Waals surface area contributed by atoms with Crippen molar-refractivity contribution in [3.63, 3.8) is 0 Å². The monoisotopic (exact) mass is 612 g/mol. The van der Waals surface area contributed by atoms with E-state index in [1.54, 1.807) is 66.7 Å². The molecule has 0 saturated carbocycles. The Kier molecular flexibility index (Phi) is 12.2. The molecule has 0 heterocycles. The van der Waals surface area contributed by atoms with Gasteiger partial charge in [-0.25, -0.2) is 4.79 Å². The Labute approximate surface area is 254 Å². The maximum absolute atomic E-state index is 13.3. The number of halogens is 1. The molecule has 42 heavy (non-hydrogen) atoms. The highest BCUT2D eigenvalue weighted by Crippen LogP contribution is 2.13. The summed E-state index contributed by atoms with van der Waals surface area (Å²) >= 11 is 10.1. The quantitative estimate of drug-likeness (QED) is 0.136. The zero-order chi connectivity index (χ0) is 30.6. The Morgan fingerprint density at radius 1 is 0.690 bits per heavy atom. The molecule has 0 fully saturated rings. The smallest absolute Gasteiger partial charge is 0.326 e. The minimum Gasteiger partial charge on any atom is -0.508 e. The average Bonchev–Trinajstić information content (AvgIpc) is 2.97. The predicted octanol–water partition coefficient (Wildman–Crippen LogP) is 1.87. The highest BCUT2D eigenvalue weighted by atomic mass is 35.5. The maximum atomic E-state index is 13.3. The largest absolute Gasteiger partial charge is 0.508 e. The van der Waals surface area contributed by atoms with E-state index >= 15 is 0 Å². The van der Waals surface area contributed by atoms with Gasteiger partial charge in [0.1, 0.15) is 23.9 Å². The first-order valence-corrected chi connectivity index (χ1v) is 14.1. The van der Waals surface area contributed by atoms with Gasteiger partial charge in [0, 0.05) is 23.6 Å². The number of phenols is 1. The Morgan fingerprint density at radius 2 is 1.17 bits per heavy atom. The maximum Gasteiger partial charge on any atom is 0.326 e. The third-order valence-electron chi connectivity index (χ3n) is 6.43. The summed E-state index contributed by atoms with van der Waals surface area (Å²) in [6.07, 6.45) is 0.218. The molecule has 0 aliphatic rings. The molecule has 10 nitrogen and oxygen atoms in total. The number of amides is 3. The number of thiol groups is 1. The summed E-state index contributed by atoms with van der Waals surface area (Å²) in [5, 5.41) is 27.6. The van der Waals surface area contributed by atoms with Gasteiger partial charge in [-0.15, -0.1) is 0 Å². The highest BCUT2D eigenvalue weighted by Gasteiger charge is 2.30. The summed E-state index contributed by atoms with van der Waals surface area (Å²) in [4.78, 5) is 51.3. The zero-order valence-corrected chi connectivity index (χ0v) is 24.2. The van der Waals surface area contributed by atoms with Crippen molar-refractivity contribution in [2.45, 2.75) is 43.4 Å². The molecule has 3 rings (SSSR count). The van der Waals surface area contributed by atoms with Crippen LogP contribution >= 0.6 is 24.2 Å². The van der Waals surface area contributed by atoms with Crippen molar-refractivity contribution in [1.82, 2.24) is 16.0 Å². The Balaban J connectivity index is 1.72. The third kappa shape index (κ3) is 10.1. The molecule has 4 atom stereocenters. The molecule has 0 aliphatic heterocycles. The second-order valence-electron chi connectivity index (χ2n) is 9.70. The fraction of sp³-hybridized carbons (Fsp3) is 0.267. The van der Waals surface area contributed by atoms with Crippen molar-refractivity contribution in [3.05, 3.63) is 101 Å². The van der Waals surface area contributed by atoms with Gasteiger partial charge in [0.25, 0.3) is 0 Å². The number of carboxylic acids is 1. The Morgan fingerprint density at radius 3 is 1.76 bits per heavy atom. The van der Waals surface area contributed by atoms with E-state index in [1.807, 2.05) is 0 Å². The number of hydrogen-bond donors (Lipinski definition) is 7. The highest BCUT2D eigenvalue weighted by molar-refractivity contribution is 7.80. The number of carbonyl (C=O) groups excluding carboxylic acids is 3. The molecule has 0 bridgehead atoms. The molecule has 0 aliphatic carbocycles. The third-order valence-corrected chi connectivity index (χ3v) is 7.04. The number of aliphatic carboxylic acids is 1. The lowest BCUT2D eigenvalue weighted by atomic mass is 10.0. The van der Waals surface area contributed by atoms with Crippen LogP contribution in [-0.4, -0.2) is 63.8 Å². The van der Waals surface area contributed by atoms with E-state index in [0.29, 0.717) is 16.1 Å². The topological polar surface area (TPSA) is 171 Å². The first-order valence-electron chi connectivity index (χ1n) is 13.1. The van der Waals surface area contributed by atoms with Crippen molar-refractivity contribution in [2.24, 2.45) is 5.73 Å². The lowest BCUT2D eigenvalue weighted by molar-refractivity contribution is -0.142. The van der Waals surface area contributed by atoms with Crippen molar-refractivity contribution < 1.29 is 29.4 Å². The molecule has 7 N–H and O–H groups in total. The van der Waals surface area contributed by atoms with Crippen molar-refractivity contribution in [3.8, 4) is 5.75 Å². The van der Waals surface area contributed by atoms with E-state index in [-0.39, 0.29) is 30.8 Å². The van der Waals surface area contributed by atoms with Gasteiger partial charge in [-0.3, -0.25) is 14.4 Å². The molecule has 3 amide bonds. The number of nitrogens with two attached hydrogens (primary N) is 1. The number of rotatable bonds is 14. The first kappa shape index (κ1) is 32.5. The lowest BCUT2D eigenvalue weighted by Gasteiger charge is -2.25. The van der Waals surface area contributed by atoms with Gasteiger partial charge in [0.15, 0.2) is 0 Å². The molecule has 0 unspecified atom stereocenters. The van der Waals surface area contributed by atoms with Gasteiger partial charge < -0.3 is 31.9 Å². The second-order valence-corrected chi connectivity index (χ2v) is 10.5. The van der Waals surface area contributed by atoms with Crippen LogP contribution in [0.3, 0.4) is 0 Å². The number of benzene rings is 3. The van der Waals surface area contributed by atoms with Crippen molar-refractivity contribution in [2.75, 3.05) is 5.75 Å². The van der Waals surface area contributed by atoms with Crippen LogP contribution in [0.5, 0.6) is 5.75 Å². The van der Waals surface area contributed by atoms with E-state index in [4.69, 9.17) is 17.3 Å². The molecule has 3 aromatic rings. The van der Waals surface area contributed by atoms with Crippen LogP contribution in [0.4, 0.5) is 0 Å². The van der Waals surface area contributed by atoms with Crippen LogP contribution in [0, 0.1) is 0 Å². The molecule has 0 radical (unpaired) electrons. The molecule has 0 spiro atoms. The number of phenolic OH excluding ortho intramolecular Hbond substituents is 1. The normalized spacial score (nSPS) is 13.7. The SMILES string of the molecule is N[C@@H](Cc1ccc(Cl)cc1)C(=O)N[C@H](CS)C(=O)N[C@@H](Cc1ccc(O)cc1)C(=O)N[C@H](Cc1ccccc1)C(=O)O. The van der Waals surface area contributed by atoms with E-state index < -0.39 is 47.9 Å². The fourth-order valence-corrected chi connectivity index (χ4v) is 4.49. The van der Waals surface area contributed by atoms with Crippen molar-refractivity contribution in [1.29, 1.82) is 0 Å². The summed E-state index contributed by atoms with van der Waals surface area (Å²) in [7, 11) is 0. The second kappa shape index (κ2) is 15.8. The van der Waals surface area contributed by atoms with Gasteiger partial charge in [-0.1, -0.05) is 66.2 Å². The number of nitrogens with one attached hydrogen (secondary N) is 3. The molecule has 0 saturated heterocycles. The molecular formula is C30H33ClN4O6S. The number of carboxylic acid groups (broad SMARTS) is 1. The molecule has 3 aromatic carbocycles. The van der Waals surface area contributed by atoms with E-state index in [0.717, 1.165) is 5.56 Å². The van der Waals surface area contributed by atoms with Crippen LogP contribution < -0.4 is 21.7 Å². The van der Waals surface area contributed by atoms with Crippen molar-refractivity contribution >= 4 is 47.9 Å². The summed E-state index contributed by atoms with van der Waals surface area (Å²) in [6, 6.07) is 17.1. The van der Waals surface area contributed by atoms with Crippen LogP contribution in [0.2, 0.25) is 5.02 Å². The van der Waals surface area contributed by atoms with Crippen LogP contribution in [0.25, 0.3) is 0 Å². The number of carbonyl (C=O) groups is 4. The zero-order valence-electron chi connectivity index (χ0n) is 22.6. The summed E-state index contributed by atoms with van der Waals surface area (Å²) < 4.78 is 0. The van der Waals surface area contributed by atoms with Gasteiger partial charge >= 0.3 is 5.97 Å². The fourth-order valence-electron chi connectivity index (χ4n) is 4.11. The number of hydrogen-bond acceptors (Lipinski definition) is 7. The summed E-state index contributed by atoms with van der Waals surface area (Å²) in [5.74, 6) is -3.34. The molecule has 12 heteroatoms. The average molecular weight is 613 g/mol. The van der Waals surface area contributed by atoms with E-state index in [9.17, 15) is 29.4 Å². The van der Waals surface area contributed by atoms with Gasteiger partial charge in [0.2, 0.25) is 17.7 Å². The molecule has 0 aromatic heterocycles. The van der Waals surface area contributed by atoms with Crippen LogP contribution in [0.15, 0.2) is 78.9 Å². The summed E-state index contributed by atoms with van der Waals surface area (Å²) in [5.41, 5.74) is 8.14. The summed E-state index contributed by atoms with van der Waals surface area (Å²) in [6.45, 7) is 0. The van der Waals surface area contributed by atoms with Gasteiger partial charge in [-0.05, 0) is 47.4 Å². The van der Waals surface area contributed by atoms with Gasteiger partial charge in [0.05, 0.1) is 6.04 Å². The van der Waals surface area contributed by atoms with E-state index in [1.165, 1.54) is 12.1 Å². The minimum atomic E-state index is -1.26.